The van der Waals surface area contributed by atoms with Crippen LogP contribution in [-0.2, 0) is 11.3 Å². The molecule has 25 heavy (non-hydrogen) atoms. The Balaban J connectivity index is 2.11. The minimum absolute atomic E-state index is 0.326. The number of hydrogen-bond acceptors (Lipinski definition) is 6. The minimum atomic E-state index is -0.585. The fraction of sp³-hybridized carbons (Fsp3) is 0.412. The maximum absolute atomic E-state index is 11.8. The number of ether oxygens (including phenoxy) is 3. The van der Waals surface area contributed by atoms with Gasteiger partial charge in [0.2, 0.25) is 0 Å². The Hall–Kier alpha value is -2.90. The highest BCUT2D eigenvalue weighted by atomic mass is 16.6. The molecular formula is C17H24N4O4. The molecule has 0 aliphatic rings. The van der Waals surface area contributed by atoms with Gasteiger partial charge in [0.05, 0.1) is 20.8 Å². The number of anilines is 2. The Morgan fingerprint density at radius 2 is 1.88 bits per heavy atom. The maximum atomic E-state index is 11.8. The van der Waals surface area contributed by atoms with Crippen molar-refractivity contribution < 1.29 is 19.0 Å². The highest BCUT2D eigenvalue weighted by Gasteiger charge is 2.17. The number of carbonyl (C=O) groups is 1. The zero-order valence-corrected chi connectivity index (χ0v) is 15.1. The minimum Gasteiger partial charge on any atom is -0.493 e. The number of nitrogens with two attached hydrogens (primary N) is 1. The van der Waals surface area contributed by atoms with Crippen LogP contribution in [-0.4, -0.2) is 35.7 Å². The lowest BCUT2D eigenvalue weighted by molar-refractivity contribution is 0.0635. The summed E-state index contributed by atoms with van der Waals surface area (Å²) in [5, 5.41) is 6.85. The van der Waals surface area contributed by atoms with E-state index < -0.39 is 11.7 Å². The number of benzene rings is 1. The maximum Gasteiger partial charge on any atom is 0.413 e. The first kappa shape index (κ1) is 18.4. The van der Waals surface area contributed by atoms with Gasteiger partial charge in [-0.1, -0.05) is 6.07 Å². The average molecular weight is 348 g/mol. The van der Waals surface area contributed by atoms with Crippen molar-refractivity contribution in [3.63, 3.8) is 0 Å². The van der Waals surface area contributed by atoms with E-state index in [1.165, 1.54) is 0 Å². The second kappa shape index (κ2) is 7.33. The predicted octanol–water partition coefficient (Wildman–Crippen LogP) is 2.88. The molecule has 0 saturated carbocycles. The van der Waals surface area contributed by atoms with Crippen LogP contribution in [0.5, 0.6) is 11.5 Å². The molecule has 2 rings (SSSR count). The molecule has 0 aliphatic carbocycles. The molecule has 136 valence electrons. The Bertz CT molecular complexity index is 750. The lowest BCUT2D eigenvalue weighted by Gasteiger charge is -2.19. The third kappa shape index (κ3) is 5.03. The zero-order valence-electron chi connectivity index (χ0n) is 15.1. The van der Waals surface area contributed by atoms with Gasteiger partial charge in [0.1, 0.15) is 11.4 Å². The van der Waals surface area contributed by atoms with Crippen LogP contribution in [0.1, 0.15) is 26.3 Å². The van der Waals surface area contributed by atoms with E-state index in [2.05, 4.69) is 10.4 Å². The predicted molar refractivity (Wildman–Crippen MR) is 95.1 cm³/mol. The van der Waals surface area contributed by atoms with Crippen LogP contribution in [0.15, 0.2) is 24.3 Å². The van der Waals surface area contributed by atoms with Crippen LogP contribution < -0.4 is 20.5 Å². The first-order chi connectivity index (χ1) is 11.7. The molecule has 0 aliphatic heterocycles. The van der Waals surface area contributed by atoms with E-state index >= 15 is 0 Å². The van der Waals surface area contributed by atoms with Gasteiger partial charge in [-0.3, -0.25) is 5.32 Å². The third-order valence-corrected chi connectivity index (χ3v) is 3.22. The fourth-order valence-corrected chi connectivity index (χ4v) is 2.18. The van der Waals surface area contributed by atoms with Crippen molar-refractivity contribution >= 4 is 17.7 Å². The Labute approximate surface area is 146 Å². The van der Waals surface area contributed by atoms with Gasteiger partial charge < -0.3 is 19.9 Å². The largest absolute Gasteiger partial charge is 0.493 e. The number of nitrogens with zero attached hydrogens (tertiary/aromatic N) is 2. The summed E-state index contributed by atoms with van der Waals surface area (Å²) in [6.07, 6.45) is -0.580. The van der Waals surface area contributed by atoms with E-state index in [-0.39, 0.29) is 0 Å². The number of nitrogens with one attached hydrogen (secondary N) is 1. The molecule has 0 radical (unpaired) electrons. The molecule has 3 N–H and O–H groups in total. The number of methoxy groups -OCH3 is 2. The molecule has 0 fully saturated rings. The number of amides is 1. The molecular weight excluding hydrogens is 324 g/mol. The Kier molecular flexibility index (Phi) is 5.41. The standard InChI is InChI=1S/C17H24N4O4/c1-17(2,3)25-16(22)19-15-9-14(18)21(20-15)10-11-6-7-12(23-4)13(8-11)24-5/h6-9H,10,18H2,1-5H3,(H,19,20,22). The number of rotatable bonds is 5. The first-order valence-electron chi connectivity index (χ1n) is 7.76. The molecule has 8 nitrogen and oxygen atoms in total. The van der Waals surface area contributed by atoms with Crippen molar-refractivity contribution in [3.05, 3.63) is 29.8 Å². The number of aromatic nitrogens is 2. The SMILES string of the molecule is COc1ccc(Cn2nc(NC(=O)OC(C)(C)C)cc2N)cc1OC. The van der Waals surface area contributed by atoms with Gasteiger partial charge in [-0.25, -0.2) is 9.48 Å². The Morgan fingerprint density at radius 1 is 1.20 bits per heavy atom. The summed E-state index contributed by atoms with van der Waals surface area (Å²) in [5.74, 6) is 2.01. The van der Waals surface area contributed by atoms with Crippen molar-refractivity contribution in [3.8, 4) is 11.5 Å². The molecule has 1 aromatic heterocycles. The summed E-state index contributed by atoms with van der Waals surface area (Å²) in [5.41, 5.74) is 6.31. The van der Waals surface area contributed by atoms with Crippen LogP contribution >= 0.6 is 0 Å². The second-order valence-electron chi connectivity index (χ2n) is 6.43. The van der Waals surface area contributed by atoms with Crippen LogP contribution in [0.2, 0.25) is 0 Å². The first-order valence-corrected chi connectivity index (χ1v) is 7.76. The molecule has 1 amide bonds. The van der Waals surface area contributed by atoms with E-state index in [4.69, 9.17) is 19.9 Å². The summed E-state index contributed by atoms with van der Waals surface area (Å²) < 4.78 is 17.3. The fourth-order valence-electron chi connectivity index (χ4n) is 2.18. The molecule has 0 spiro atoms. The monoisotopic (exact) mass is 348 g/mol. The smallest absolute Gasteiger partial charge is 0.413 e. The molecule has 2 aromatic rings. The summed E-state index contributed by atoms with van der Waals surface area (Å²) in [4.78, 5) is 11.8. The zero-order chi connectivity index (χ0) is 18.6. The second-order valence-corrected chi connectivity index (χ2v) is 6.43. The van der Waals surface area contributed by atoms with E-state index in [0.717, 1.165) is 5.56 Å². The topological polar surface area (TPSA) is 101 Å². The summed E-state index contributed by atoms with van der Waals surface area (Å²) in [7, 11) is 3.16. The van der Waals surface area contributed by atoms with E-state index in [9.17, 15) is 4.79 Å². The van der Waals surface area contributed by atoms with Crippen LogP contribution in [0.25, 0.3) is 0 Å². The Morgan fingerprint density at radius 3 is 2.48 bits per heavy atom. The summed E-state index contributed by atoms with van der Waals surface area (Å²) >= 11 is 0. The molecule has 0 bridgehead atoms. The van der Waals surface area contributed by atoms with Gasteiger partial charge >= 0.3 is 6.09 Å². The van der Waals surface area contributed by atoms with Crippen molar-refractivity contribution in [2.75, 3.05) is 25.3 Å². The van der Waals surface area contributed by atoms with E-state index in [1.54, 1.807) is 45.7 Å². The normalized spacial score (nSPS) is 11.1. The van der Waals surface area contributed by atoms with Crippen molar-refractivity contribution in [2.24, 2.45) is 0 Å². The molecule has 1 aromatic carbocycles. The number of carbonyl (C=O) groups excluding carboxylic acids is 1. The third-order valence-electron chi connectivity index (χ3n) is 3.22. The lowest BCUT2D eigenvalue weighted by atomic mass is 10.2. The van der Waals surface area contributed by atoms with Crippen LogP contribution in [0.4, 0.5) is 16.4 Å². The lowest BCUT2D eigenvalue weighted by Crippen LogP contribution is -2.27. The average Bonchev–Trinajstić information content (AvgIpc) is 2.84. The van der Waals surface area contributed by atoms with Gasteiger partial charge in [-0.15, -0.1) is 0 Å². The van der Waals surface area contributed by atoms with Gasteiger partial charge in [-0.05, 0) is 38.5 Å². The van der Waals surface area contributed by atoms with Crippen LogP contribution in [0, 0.1) is 0 Å². The quantitative estimate of drug-likeness (QED) is 0.862. The highest BCUT2D eigenvalue weighted by Crippen LogP contribution is 2.28. The highest BCUT2D eigenvalue weighted by molar-refractivity contribution is 5.84. The van der Waals surface area contributed by atoms with Gasteiger partial charge in [0.25, 0.3) is 0 Å². The summed E-state index contributed by atoms with van der Waals surface area (Å²) in [6.45, 7) is 5.78. The van der Waals surface area contributed by atoms with Gasteiger partial charge in [0, 0.05) is 6.07 Å². The van der Waals surface area contributed by atoms with Gasteiger partial charge in [0.15, 0.2) is 17.3 Å². The van der Waals surface area contributed by atoms with Crippen LogP contribution in [0.3, 0.4) is 0 Å². The van der Waals surface area contributed by atoms with Crippen molar-refractivity contribution in [1.29, 1.82) is 0 Å². The number of nitrogen functional groups attached to an aromatic ring is 1. The molecule has 0 unspecified atom stereocenters. The number of hydrogen-bond donors (Lipinski definition) is 2. The van der Waals surface area contributed by atoms with E-state index in [1.807, 2.05) is 18.2 Å². The van der Waals surface area contributed by atoms with Crippen molar-refractivity contribution in [1.82, 2.24) is 9.78 Å². The van der Waals surface area contributed by atoms with Gasteiger partial charge in [-0.2, -0.15) is 5.10 Å². The molecule has 0 saturated heterocycles. The molecule has 8 heteroatoms. The molecule has 1 heterocycles. The molecule has 0 atom stereocenters. The van der Waals surface area contributed by atoms with E-state index in [0.29, 0.717) is 29.7 Å². The summed E-state index contributed by atoms with van der Waals surface area (Å²) in [6, 6.07) is 7.13. The van der Waals surface area contributed by atoms with Crippen molar-refractivity contribution in [2.45, 2.75) is 32.9 Å².